The summed E-state index contributed by atoms with van der Waals surface area (Å²) in [5.41, 5.74) is 12.0. The summed E-state index contributed by atoms with van der Waals surface area (Å²) < 4.78 is 3.30. The van der Waals surface area contributed by atoms with Crippen LogP contribution in [0.5, 0.6) is 0 Å². The quantitative estimate of drug-likeness (QED) is 0.373. The Balaban J connectivity index is 0.00000102. The van der Waals surface area contributed by atoms with Gasteiger partial charge in [-0.05, 0) is 0 Å². The molecule has 0 atom stereocenters. The summed E-state index contributed by atoms with van der Waals surface area (Å²) in [6, 6.07) is 31.8. The molecule has 0 heterocycles. The molecule has 0 radical (unpaired) electrons. The van der Waals surface area contributed by atoms with Crippen LogP contribution < -0.4 is 18.9 Å². The zero-order valence-electron chi connectivity index (χ0n) is 16.4. The molecule has 0 saturated carbocycles. The monoisotopic (exact) mass is 456 g/mol. The molecule has 2 aliphatic carbocycles. The van der Waals surface area contributed by atoms with E-state index in [9.17, 15) is 0 Å². The Morgan fingerprint density at radius 3 is 1.43 bits per heavy atom. The van der Waals surface area contributed by atoms with Crippen LogP contribution >= 0.6 is 0 Å². The first-order valence-electron chi connectivity index (χ1n) is 9.56. The van der Waals surface area contributed by atoms with E-state index in [1.807, 2.05) is 0 Å². The van der Waals surface area contributed by atoms with Crippen LogP contribution in [0, 0.1) is 0 Å². The van der Waals surface area contributed by atoms with E-state index in [2.05, 4.69) is 84.9 Å². The Bertz CT molecular complexity index is 1120. The summed E-state index contributed by atoms with van der Waals surface area (Å²) in [5.74, 6) is 0. The fraction of sp³-hybridized carbons (Fsp3) is 0.0769. The van der Waals surface area contributed by atoms with Gasteiger partial charge in [0.15, 0.2) is 0 Å². The molecule has 28 heavy (non-hydrogen) atoms. The van der Waals surface area contributed by atoms with Gasteiger partial charge in [-0.15, -0.1) is 0 Å². The zero-order chi connectivity index (χ0) is 17.8. The van der Waals surface area contributed by atoms with Crippen molar-refractivity contribution in [2.75, 3.05) is 0 Å². The Morgan fingerprint density at radius 1 is 0.500 bits per heavy atom. The van der Waals surface area contributed by atoms with Crippen LogP contribution in [-0.4, -0.2) is 0 Å². The Kier molecular flexibility index (Phi) is 4.62. The number of hydrogen-bond donors (Lipinski definition) is 0. The maximum absolute atomic E-state index is 2.40. The third-order valence-corrected chi connectivity index (χ3v) is 9.60. The van der Waals surface area contributed by atoms with Gasteiger partial charge in [-0.25, -0.2) is 0 Å². The molecule has 0 unspecified atom stereocenters. The molecule has 134 valence electrons. The fourth-order valence-electron chi connectivity index (χ4n) is 4.69. The minimum absolute atomic E-state index is 0. The first-order chi connectivity index (χ1) is 13.4. The van der Waals surface area contributed by atoms with Crippen molar-refractivity contribution in [2.45, 2.75) is 12.8 Å². The molecule has 0 spiro atoms. The van der Waals surface area contributed by atoms with Gasteiger partial charge in [0.2, 0.25) is 0 Å². The maximum atomic E-state index is 2.40. The number of benzene rings is 4. The van der Waals surface area contributed by atoms with Crippen molar-refractivity contribution < 1.29 is 37.1 Å². The van der Waals surface area contributed by atoms with E-state index in [1.54, 1.807) is 17.7 Å². The Morgan fingerprint density at radius 2 is 0.929 bits per heavy atom. The van der Waals surface area contributed by atoms with Crippen LogP contribution in [0.4, 0.5) is 0 Å². The van der Waals surface area contributed by atoms with Gasteiger partial charge in [0.05, 0.1) is 0 Å². The average Bonchev–Trinajstić information content (AvgIpc) is 3.28. The van der Waals surface area contributed by atoms with Gasteiger partial charge in [0, 0.05) is 0 Å². The van der Waals surface area contributed by atoms with Gasteiger partial charge in [0.25, 0.3) is 0 Å². The van der Waals surface area contributed by atoms with Crippen molar-refractivity contribution in [1.82, 2.24) is 0 Å². The van der Waals surface area contributed by atoms with Crippen molar-refractivity contribution in [3.63, 3.8) is 0 Å². The first kappa shape index (κ1) is 18.1. The molecule has 0 saturated heterocycles. The van der Waals surface area contributed by atoms with E-state index < -0.39 is 23.2 Å². The predicted octanol–water partition coefficient (Wildman–Crippen LogP) is 1.98. The third kappa shape index (κ3) is 2.76. The van der Waals surface area contributed by atoms with Gasteiger partial charge >= 0.3 is 172 Å². The second-order valence-corrected chi connectivity index (χ2v) is 10.7. The number of fused-ring (bicyclic) bond motifs is 6. The van der Waals surface area contributed by atoms with E-state index in [4.69, 9.17) is 0 Å². The Labute approximate surface area is 185 Å². The fourth-order valence-corrected chi connectivity index (χ4v) is 8.13. The molecule has 0 amide bonds. The summed E-state index contributed by atoms with van der Waals surface area (Å²) in [5, 5.41) is 0. The van der Waals surface area contributed by atoms with Gasteiger partial charge in [-0.2, -0.15) is 0 Å². The van der Waals surface area contributed by atoms with E-state index in [1.165, 1.54) is 33.4 Å². The number of halogens is 1. The summed E-state index contributed by atoms with van der Waals surface area (Å²) in [7, 11) is 0. The Hall–Kier alpha value is -1.95. The van der Waals surface area contributed by atoms with Crippen molar-refractivity contribution in [2.24, 2.45) is 0 Å². The van der Waals surface area contributed by atoms with Gasteiger partial charge in [-0.1, -0.05) is 0 Å². The normalized spacial score (nSPS) is 12.3. The van der Waals surface area contributed by atoms with E-state index in [0.29, 0.717) is 0 Å². The molecule has 4 aromatic carbocycles. The minimum atomic E-state index is -0.849. The van der Waals surface area contributed by atoms with Crippen LogP contribution in [0.3, 0.4) is 0 Å². The summed E-state index contributed by atoms with van der Waals surface area (Å²) >= 11 is -0.849. The second-order valence-electron chi connectivity index (χ2n) is 7.46. The van der Waals surface area contributed by atoms with Crippen LogP contribution in [0.2, 0.25) is 0 Å². The molecule has 0 nitrogen and oxygen atoms in total. The topological polar surface area (TPSA) is 0 Å². The first-order valence-corrected chi connectivity index (χ1v) is 12.0. The summed E-state index contributed by atoms with van der Waals surface area (Å²) in [6.45, 7) is 0. The molecule has 0 N–H and O–H groups in total. The van der Waals surface area contributed by atoms with Crippen molar-refractivity contribution >= 4 is 6.54 Å². The average molecular weight is 458 g/mol. The van der Waals surface area contributed by atoms with Gasteiger partial charge in [-0.3, -0.25) is 0 Å². The molecule has 2 aliphatic rings. The molecular formula is C26H19ClZr. The van der Waals surface area contributed by atoms with Crippen LogP contribution in [-0.2, 0) is 36.1 Å². The molecular weight excluding hydrogens is 439 g/mol. The second kappa shape index (κ2) is 7.14. The molecule has 0 bridgehead atoms. The summed E-state index contributed by atoms with van der Waals surface area (Å²) in [4.78, 5) is 0. The van der Waals surface area contributed by atoms with Gasteiger partial charge < -0.3 is 13.8 Å². The molecule has 4 aromatic rings. The van der Waals surface area contributed by atoms with Crippen molar-refractivity contribution in [1.29, 1.82) is 0 Å². The van der Waals surface area contributed by atoms with E-state index in [-0.39, 0.29) is 13.8 Å². The predicted molar refractivity (Wildman–Crippen MR) is 110 cm³/mol. The van der Waals surface area contributed by atoms with Crippen LogP contribution in [0.15, 0.2) is 84.9 Å². The number of hydrogen-bond acceptors (Lipinski definition) is 0. The van der Waals surface area contributed by atoms with Gasteiger partial charge in [0.1, 0.15) is 0 Å². The molecule has 0 fully saturated rings. The van der Waals surface area contributed by atoms with E-state index >= 15 is 0 Å². The summed E-state index contributed by atoms with van der Waals surface area (Å²) in [6.07, 6.45) is 2.22. The molecule has 6 rings (SSSR count). The molecule has 0 aromatic heterocycles. The van der Waals surface area contributed by atoms with Crippen LogP contribution in [0.25, 0.3) is 22.3 Å². The number of rotatable bonds is 2. The molecule has 2 heteroatoms. The third-order valence-electron chi connectivity index (χ3n) is 5.97. The SMILES string of the molecule is [Cl-].[H-].c1ccc2c(c1)Cc1[c]([Zr+2][c]3cccc4c3Cc3ccccc3-4)cccc1-2. The zero-order valence-corrected chi connectivity index (χ0v) is 18.6. The standard InChI is InChI=1S/2C13H9.ClH.Zr.H/c2*1-3-7-12-10(5-1)9-11-6-2-4-8-13(11)12;;;/h2*1-5,7-8H,9H2;1H;;/q;;;+2;-1/p-1. The molecule has 0 aliphatic heterocycles. The van der Waals surface area contributed by atoms with E-state index in [0.717, 1.165) is 12.8 Å². The van der Waals surface area contributed by atoms with Crippen LogP contribution in [0.1, 0.15) is 23.7 Å². The van der Waals surface area contributed by atoms with Crippen molar-refractivity contribution in [3.8, 4) is 22.3 Å². The van der Waals surface area contributed by atoms with Crippen molar-refractivity contribution in [3.05, 3.63) is 107 Å².